The monoisotopic (exact) mass is 434 g/mol. The first kappa shape index (κ1) is 22.7. The van der Waals surface area contributed by atoms with Gasteiger partial charge < -0.3 is 23.7 Å². The smallest absolute Gasteiger partial charge is 0.338 e. The predicted octanol–water partition coefficient (Wildman–Crippen LogP) is 5.31. The molecule has 0 aliphatic rings. The third-order valence-corrected chi connectivity index (χ3v) is 4.58. The molecule has 3 aromatic carbocycles. The molecule has 6 heteroatoms. The van der Waals surface area contributed by atoms with E-state index in [1.54, 1.807) is 45.4 Å². The van der Waals surface area contributed by atoms with Crippen LogP contribution in [0, 0.1) is 0 Å². The summed E-state index contributed by atoms with van der Waals surface area (Å²) in [5, 5.41) is 0. The number of esters is 1. The third kappa shape index (κ3) is 6.04. The Hall–Kier alpha value is -3.93. The molecule has 0 heterocycles. The maximum absolute atomic E-state index is 11.5. The van der Waals surface area contributed by atoms with Gasteiger partial charge in [-0.1, -0.05) is 24.8 Å². The number of hydrogen-bond acceptors (Lipinski definition) is 6. The van der Waals surface area contributed by atoms with Crippen LogP contribution in [0.15, 0.2) is 78.9 Å². The fourth-order valence-electron chi connectivity index (χ4n) is 2.86. The zero-order valence-corrected chi connectivity index (χ0v) is 18.4. The first-order valence-electron chi connectivity index (χ1n) is 10.1. The number of carbonyl (C=O) groups excluding carboxylic acids is 1. The van der Waals surface area contributed by atoms with Crippen LogP contribution in [0.2, 0.25) is 0 Å². The minimum atomic E-state index is -0.459. The highest BCUT2D eigenvalue weighted by atomic mass is 16.5. The zero-order valence-electron chi connectivity index (χ0n) is 18.4. The fraction of sp³-hybridized carbons (Fsp3) is 0.192. The number of carbonyl (C=O) groups is 1. The van der Waals surface area contributed by atoms with Gasteiger partial charge in [0.1, 0.15) is 30.5 Å². The lowest BCUT2D eigenvalue weighted by molar-refractivity contribution is -0.130. The van der Waals surface area contributed by atoms with Crippen molar-refractivity contribution >= 4 is 5.97 Å². The first-order valence-corrected chi connectivity index (χ1v) is 10.1. The minimum Gasteiger partial charge on any atom is -0.497 e. The molecule has 0 radical (unpaired) electrons. The SMILES string of the molecule is C=C(C)C(=O)Oc1ccc(OCCOc2ccc(-c3ccc(OC)cc3)cc2OC)cc1. The van der Waals surface area contributed by atoms with Gasteiger partial charge in [0.15, 0.2) is 11.5 Å². The van der Waals surface area contributed by atoms with E-state index in [-0.39, 0.29) is 0 Å². The van der Waals surface area contributed by atoms with Gasteiger partial charge in [-0.15, -0.1) is 0 Å². The van der Waals surface area contributed by atoms with Gasteiger partial charge in [0.05, 0.1) is 14.2 Å². The third-order valence-electron chi connectivity index (χ3n) is 4.58. The van der Waals surface area contributed by atoms with Crippen LogP contribution in [0.5, 0.6) is 28.7 Å². The summed E-state index contributed by atoms with van der Waals surface area (Å²) < 4.78 is 27.4. The number of benzene rings is 3. The van der Waals surface area contributed by atoms with Crippen molar-refractivity contribution in [1.82, 2.24) is 0 Å². The lowest BCUT2D eigenvalue weighted by Gasteiger charge is -2.13. The standard InChI is InChI=1S/C26H26O6/c1-18(2)26(27)32-23-12-10-22(11-13-23)30-15-16-31-24-14-7-20(17-25(24)29-4)19-5-8-21(28-3)9-6-19/h5-14,17H,1,15-16H2,2-4H3. The molecule has 0 fully saturated rings. The largest absolute Gasteiger partial charge is 0.497 e. The predicted molar refractivity (Wildman–Crippen MR) is 123 cm³/mol. The molecule has 0 saturated carbocycles. The molecular formula is C26H26O6. The Morgan fingerprint density at radius 3 is 1.94 bits per heavy atom. The topological polar surface area (TPSA) is 63.2 Å². The Labute approximate surface area is 188 Å². The lowest BCUT2D eigenvalue weighted by atomic mass is 10.1. The summed E-state index contributed by atoms with van der Waals surface area (Å²) in [5.41, 5.74) is 2.41. The number of hydrogen-bond donors (Lipinski definition) is 0. The quantitative estimate of drug-likeness (QED) is 0.187. The molecule has 32 heavy (non-hydrogen) atoms. The zero-order chi connectivity index (χ0) is 22.9. The molecule has 0 N–H and O–H groups in total. The van der Waals surface area contributed by atoms with Crippen molar-refractivity contribution in [3.8, 4) is 39.9 Å². The van der Waals surface area contributed by atoms with E-state index in [9.17, 15) is 4.79 Å². The average molecular weight is 434 g/mol. The van der Waals surface area contributed by atoms with Crippen LogP contribution < -0.4 is 23.7 Å². The second kappa shape index (κ2) is 10.9. The second-order valence-corrected chi connectivity index (χ2v) is 6.93. The van der Waals surface area contributed by atoms with Crippen LogP contribution in [0.1, 0.15) is 6.92 Å². The summed E-state index contributed by atoms with van der Waals surface area (Å²) in [6, 6.07) is 20.4. The molecule has 3 aromatic rings. The molecule has 0 aliphatic carbocycles. The van der Waals surface area contributed by atoms with Gasteiger partial charge in [0.2, 0.25) is 0 Å². The number of methoxy groups -OCH3 is 2. The first-order chi connectivity index (χ1) is 15.5. The summed E-state index contributed by atoms with van der Waals surface area (Å²) in [5.74, 6) is 2.70. The van der Waals surface area contributed by atoms with E-state index in [4.69, 9.17) is 23.7 Å². The van der Waals surface area contributed by atoms with Crippen molar-refractivity contribution in [3.05, 3.63) is 78.9 Å². The van der Waals surface area contributed by atoms with E-state index in [1.165, 1.54) is 0 Å². The summed E-state index contributed by atoms with van der Waals surface area (Å²) in [7, 11) is 3.25. The highest BCUT2D eigenvalue weighted by molar-refractivity contribution is 5.88. The van der Waals surface area contributed by atoms with Crippen molar-refractivity contribution in [2.75, 3.05) is 27.4 Å². The van der Waals surface area contributed by atoms with Crippen molar-refractivity contribution in [2.24, 2.45) is 0 Å². The van der Waals surface area contributed by atoms with Gasteiger partial charge in [0.25, 0.3) is 0 Å². The van der Waals surface area contributed by atoms with E-state index >= 15 is 0 Å². The molecule has 0 spiro atoms. The Morgan fingerprint density at radius 2 is 1.31 bits per heavy atom. The van der Waals surface area contributed by atoms with E-state index in [2.05, 4.69) is 6.58 Å². The summed E-state index contributed by atoms with van der Waals surface area (Å²) in [6.45, 7) is 5.83. The molecule has 0 atom stereocenters. The number of ether oxygens (including phenoxy) is 5. The summed E-state index contributed by atoms with van der Waals surface area (Å²) >= 11 is 0. The second-order valence-electron chi connectivity index (χ2n) is 6.93. The molecule has 3 rings (SSSR count). The molecule has 166 valence electrons. The van der Waals surface area contributed by atoms with Crippen molar-refractivity contribution in [2.45, 2.75) is 6.92 Å². The van der Waals surface area contributed by atoms with Gasteiger partial charge in [-0.3, -0.25) is 0 Å². The van der Waals surface area contributed by atoms with Gasteiger partial charge >= 0.3 is 5.97 Å². The lowest BCUT2D eigenvalue weighted by Crippen LogP contribution is -2.10. The van der Waals surface area contributed by atoms with Crippen LogP contribution in [-0.4, -0.2) is 33.4 Å². The van der Waals surface area contributed by atoms with Crippen molar-refractivity contribution in [1.29, 1.82) is 0 Å². The van der Waals surface area contributed by atoms with Gasteiger partial charge in [0, 0.05) is 5.57 Å². The van der Waals surface area contributed by atoms with E-state index in [0.29, 0.717) is 41.8 Å². The maximum atomic E-state index is 11.5. The molecular weight excluding hydrogens is 408 g/mol. The molecule has 6 nitrogen and oxygen atoms in total. The molecule has 0 aliphatic heterocycles. The van der Waals surface area contributed by atoms with Crippen LogP contribution >= 0.6 is 0 Å². The minimum absolute atomic E-state index is 0.338. The van der Waals surface area contributed by atoms with Gasteiger partial charge in [-0.05, 0) is 66.6 Å². The fourth-order valence-corrected chi connectivity index (χ4v) is 2.86. The van der Waals surface area contributed by atoms with Crippen LogP contribution in [0.4, 0.5) is 0 Å². The van der Waals surface area contributed by atoms with Crippen LogP contribution in [0.3, 0.4) is 0 Å². The number of rotatable bonds is 10. The Balaban J connectivity index is 1.53. The maximum Gasteiger partial charge on any atom is 0.338 e. The van der Waals surface area contributed by atoms with Crippen LogP contribution in [-0.2, 0) is 4.79 Å². The van der Waals surface area contributed by atoms with Crippen molar-refractivity contribution < 1.29 is 28.5 Å². The van der Waals surface area contributed by atoms with Crippen molar-refractivity contribution in [3.63, 3.8) is 0 Å². The van der Waals surface area contributed by atoms with E-state index < -0.39 is 5.97 Å². The van der Waals surface area contributed by atoms with E-state index in [1.807, 2.05) is 42.5 Å². The summed E-state index contributed by atoms with van der Waals surface area (Å²) in [4.78, 5) is 11.5. The van der Waals surface area contributed by atoms with Crippen LogP contribution in [0.25, 0.3) is 11.1 Å². The Bertz CT molecular complexity index is 1050. The molecule has 0 unspecified atom stereocenters. The van der Waals surface area contributed by atoms with E-state index in [0.717, 1.165) is 16.9 Å². The molecule has 0 bridgehead atoms. The molecule has 0 amide bonds. The molecule has 0 aromatic heterocycles. The normalized spacial score (nSPS) is 10.2. The average Bonchev–Trinajstić information content (AvgIpc) is 2.82. The highest BCUT2D eigenvalue weighted by Gasteiger charge is 2.08. The molecule has 0 saturated heterocycles. The highest BCUT2D eigenvalue weighted by Crippen LogP contribution is 2.33. The Morgan fingerprint density at radius 1 is 0.719 bits per heavy atom. The van der Waals surface area contributed by atoms with Gasteiger partial charge in [-0.25, -0.2) is 4.79 Å². The summed E-state index contributed by atoms with van der Waals surface area (Å²) in [6.07, 6.45) is 0. The Kier molecular flexibility index (Phi) is 7.75. The van der Waals surface area contributed by atoms with Gasteiger partial charge in [-0.2, -0.15) is 0 Å².